The number of anilines is 1. The van der Waals surface area contributed by atoms with E-state index in [9.17, 15) is 0 Å². The Kier molecular flexibility index (Phi) is 4.05. The van der Waals surface area contributed by atoms with Gasteiger partial charge in [-0.05, 0) is 59.4 Å². The van der Waals surface area contributed by atoms with Crippen molar-refractivity contribution in [3.63, 3.8) is 0 Å². The Bertz CT molecular complexity index is 738. The van der Waals surface area contributed by atoms with Crippen LogP contribution in [-0.4, -0.2) is 11.2 Å². The zero-order valence-corrected chi connectivity index (χ0v) is 14.2. The second-order valence-corrected chi connectivity index (χ2v) is 7.24. The van der Waals surface area contributed by atoms with Gasteiger partial charge in [0.1, 0.15) is 5.76 Å². The lowest BCUT2D eigenvalue weighted by atomic mass is 10.2. The molecule has 2 aromatic heterocycles. The van der Waals surface area contributed by atoms with Crippen LogP contribution in [0, 0.1) is 0 Å². The monoisotopic (exact) mass is 368 g/mol. The summed E-state index contributed by atoms with van der Waals surface area (Å²) in [5.41, 5.74) is 2.13. The van der Waals surface area contributed by atoms with Crippen LogP contribution in [0.25, 0.3) is 10.2 Å². The topological polar surface area (TPSA) is 38.1 Å². The number of thioether (sulfide) groups is 1. The van der Waals surface area contributed by atoms with Crippen LogP contribution in [0.5, 0.6) is 0 Å². The smallest absolute Gasteiger partial charge is 0.169 e. The highest BCUT2D eigenvalue weighted by Gasteiger charge is 2.11. The number of aromatic nitrogens is 1. The molecular formula is C14H13BrN2OS2. The van der Waals surface area contributed by atoms with Crippen LogP contribution in [0.2, 0.25) is 0 Å². The molecule has 3 nitrogen and oxygen atoms in total. The number of hydrogen-bond donors (Lipinski definition) is 1. The van der Waals surface area contributed by atoms with Crippen molar-refractivity contribution in [2.45, 2.75) is 17.3 Å². The third-order valence-electron chi connectivity index (χ3n) is 2.95. The minimum atomic E-state index is 0.117. The molecule has 2 heterocycles. The van der Waals surface area contributed by atoms with Gasteiger partial charge in [0, 0.05) is 5.69 Å². The highest BCUT2D eigenvalue weighted by Crippen LogP contribution is 2.31. The number of nitrogens with one attached hydrogen (secondary N) is 1. The minimum absolute atomic E-state index is 0.117. The summed E-state index contributed by atoms with van der Waals surface area (Å²) in [5, 5.41) is 3.45. The van der Waals surface area contributed by atoms with Crippen molar-refractivity contribution in [3.8, 4) is 0 Å². The van der Waals surface area contributed by atoms with Gasteiger partial charge in [0.15, 0.2) is 9.01 Å². The zero-order valence-electron chi connectivity index (χ0n) is 11.0. The zero-order chi connectivity index (χ0) is 14.1. The Labute approximate surface area is 133 Å². The fraction of sp³-hybridized carbons (Fsp3) is 0.214. The number of halogens is 1. The van der Waals surface area contributed by atoms with Crippen molar-refractivity contribution in [3.05, 3.63) is 40.8 Å². The molecule has 1 N–H and O–H groups in total. The first-order chi connectivity index (χ1) is 9.65. The predicted octanol–water partition coefficient (Wildman–Crippen LogP) is 5.55. The van der Waals surface area contributed by atoms with Crippen LogP contribution in [0.1, 0.15) is 18.7 Å². The van der Waals surface area contributed by atoms with Gasteiger partial charge in [-0.3, -0.25) is 0 Å². The lowest BCUT2D eigenvalue weighted by Gasteiger charge is -2.12. The molecule has 0 saturated carbocycles. The third-order valence-corrected chi connectivity index (χ3v) is 5.38. The summed E-state index contributed by atoms with van der Waals surface area (Å²) in [6.07, 6.45) is 2.05. The maximum absolute atomic E-state index is 5.57. The van der Waals surface area contributed by atoms with Gasteiger partial charge in [0.25, 0.3) is 0 Å². The normalized spacial score (nSPS) is 12.8. The molecule has 104 valence electrons. The van der Waals surface area contributed by atoms with Crippen LogP contribution >= 0.6 is 39.0 Å². The first-order valence-electron chi connectivity index (χ1n) is 6.12. The van der Waals surface area contributed by atoms with E-state index in [1.165, 1.54) is 4.70 Å². The largest absolute Gasteiger partial charge is 0.452 e. The number of benzene rings is 1. The van der Waals surface area contributed by atoms with E-state index in [1.54, 1.807) is 23.1 Å². The molecule has 0 aliphatic rings. The first kappa shape index (κ1) is 14.0. The number of rotatable bonds is 4. The van der Waals surface area contributed by atoms with Crippen molar-refractivity contribution in [1.82, 2.24) is 4.98 Å². The third kappa shape index (κ3) is 2.87. The highest BCUT2D eigenvalue weighted by molar-refractivity contribution is 9.10. The van der Waals surface area contributed by atoms with E-state index in [0.29, 0.717) is 0 Å². The fourth-order valence-corrected chi connectivity index (χ4v) is 3.81. The molecule has 0 spiro atoms. The summed E-state index contributed by atoms with van der Waals surface area (Å²) in [5.74, 6) is 0.908. The van der Waals surface area contributed by atoms with Gasteiger partial charge in [-0.25, -0.2) is 4.98 Å². The summed E-state index contributed by atoms with van der Waals surface area (Å²) in [6.45, 7) is 2.08. The van der Waals surface area contributed by atoms with Crippen LogP contribution in [0.15, 0.2) is 43.8 Å². The van der Waals surface area contributed by atoms with Gasteiger partial charge in [0.2, 0.25) is 0 Å². The summed E-state index contributed by atoms with van der Waals surface area (Å²) >= 11 is 6.73. The maximum atomic E-state index is 5.57. The van der Waals surface area contributed by atoms with Crippen molar-refractivity contribution in [1.29, 1.82) is 0 Å². The summed E-state index contributed by atoms with van der Waals surface area (Å²) in [4.78, 5) is 4.54. The maximum Gasteiger partial charge on any atom is 0.169 e. The van der Waals surface area contributed by atoms with Gasteiger partial charge < -0.3 is 9.73 Å². The minimum Gasteiger partial charge on any atom is -0.452 e. The molecular weight excluding hydrogens is 356 g/mol. The Morgan fingerprint density at radius 1 is 1.35 bits per heavy atom. The molecule has 3 aromatic rings. The van der Waals surface area contributed by atoms with Crippen molar-refractivity contribution >= 4 is 54.9 Å². The molecule has 0 saturated heterocycles. The van der Waals surface area contributed by atoms with Gasteiger partial charge in [-0.2, -0.15) is 0 Å². The van der Waals surface area contributed by atoms with Crippen LogP contribution in [-0.2, 0) is 0 Å². The standard InChI is InChI=1S/C14H13BrN2OS2/c1-8(11-5-6-13(15)18-11)16-9-3-4-10-12(7-9)20-14(17-10)19-2/h3-8,16H,1-2H3. The van der Waals surface area contributed by atoms with Gasteiger partial charge >= 0.3 is 0 Å². The molecule has 0 aliphatic heterocycles. The summed E-state index contributed by atoms with van der Waals surface area (Å²) in [7, 11) is 0. The molecule has 0 amide bonds. The summed E-state index contributed by atoms with van der Waals surface area (Å²) < 4.78 is 8.62. The van der Waals surface area contributed by atoms with E-state index >= 15 is 0 Å². The van der Waals surface area contributed by atoms with Crippen LogP contribution in [0.3, 0.4) is 0 Å². The van der Waals surface area contributed by atoms with E-state index in [0.717, 1.165) is 26.0 Å². The quantitative estimate of drug-likeness (QED) is 0.612. The average Bonchev–Trinajstić information content (AvgIpc) is 3.03. The average molecular weight is 369 g/mol. The molecule has 20 heavy (non-hydrogen) atoms. The molecule has 1 atom stereocenters. The second kappa shape index (κ2) is 5.79. The molecule has 0 bridgehead atoms. The number of nitrogens with zero attached hydrogens (tertiary/aromatic N) is 1. The van der Waals surface area contributed by atoms with Crippen molar-refractivity contribution in [2.75, 3.05) is 11.6 Å². The van der Waals surface area contributed by atoms with E-state index in [4.69, 9.17) is 4.42 Å². The Hall–Kier alpha value is -0.980. The lowest BCUT2D eigenvalue weighted by molar-refractivity contribution is 0.471. The number of thiazole rings is 1. The molecule has 1 aromatic carbocycles. The Balaban J connectivity index is 1.83. The van der Waals surface area contributed by atoms with Crippen LogP contribution in [0.4, 0.5) is 5.69 Å². The van der Waals surface area contributed by atoms with Gasteiger partial charge in [0.05, 0.1) is 16.3 Å². The predicted molar refractivity (Wildman–Crippen MR) is 89.8 cm³/mol. The Morgan fingerprint density at radius 2 is 2.20 bits per heavy atom. The van der Waals surface area contributed by atoms with E-state index in [1.807, 2.05) is 18.4 Å². The molecule has 1 unspecified atom stereocenters. The molecule has 0 fully saturated rings. The van der Waals surface area contributed by atoms with Crippen LogP contribution < -0.4 is 5.32 Å². The molecule has 6 heteroatoms. The molecule has 3 rings (SSSR count). The first-order valence-corrected chi connectivity index (χ1v) is 8.95. The van der Waals surface area contributed by atoms with Gasteiger partial charge in [-0.15, -0.1) is 11.3 Å². The number of furan rings is 1. The highest BCUT2D eigenvalue weighted by atomic mass is 79.9. The number of hydrogen-bond acceptors (Lipinski definition) is 5. The van der Waals surface area contributed by atoms with E-state index in [2.05, 4.69) is 51.4 Å². The summed E-state index contributed by atoms with van der Waals surface area (Å²) in [6, 6.07) is 10.2. The molecule has 0 radical (unpaired) electrons. The Morgan fingerprint density at radius 3 is 2.90 bits per heavy atom. The number of fused-ring (bicyclic) bond motifs is 1. The van der Waals surface area contributed by atoms with Gasteiger partial charge in [-0.1, -0.05) is 11.8 Å². The second-order valence-electron chi connectivity index (χ2n) is 4.37. The van der Waals surface area contributed by atoms with E-state index < -0.39 is 0 Å². The lowest BCUT2D eigenvalue weighted by Crippen LogP contribution is -2.05. The fourth-order valence-electron chi connectivity index (χ4n) is 1.96. The van der Waals surface area contributed by atoms with Crippen molar-refractivity contribution in [2.24, 2.45) is 0 Å². The SMILES string of the molecule is CSc1nc2ccc(NC(C)c3ccc(Br)o3)cc2s1. The molecule has 0 aliphatic carbocycles. The van der Waals surface area contributed by atoms with Crippen molar-refractivity contribution < 1.29 is 4.42 Å². The van der Waals surface area contributed by atoms with E-state index in [-0.39, 0.29) is 6.04 Å².